The van der Waals surface area contributed by atoms with Gasteiger partial charge in [0.2, 0.25) is 0 Å². The van der Waals surface area contributed by atoms with Crippen molar-refractivity contribution in [2.24, 2.45) is 4.99 Å². The molecule has 1 heterocycles. The van der Waals surface area contributed by atoms with Crippen molar-refractivity contribution in [3.8, 4) is 5.75 Å². The number of amidine groups is 1. The zero-order chi connectivity index (χ0) is 16.4. The predicted molar refractivity (Wildman–Crippen MR) is 95.0 cm³/mol. The Bertz CT molecular complexity index is 833. The maximum atomic E-state index is 12.3. The first-order valence-electron chi connectivity index (χ1n) is 6.85. The van der Waals surface area contributed by atoms with Crippen LogP contribution in [0.1, 0.15) is 5.56 Å². The quantitative estimate of drug-likeness (QED) is 0.827. The summed E-state index contributed by atoms with van der Waals surface area (Å²) in [6, 6.07) is 14.1. The van der Waals surface area contributed by atoms with Gasteiger partial charge in [-0.3, -0.25) is 9.69 Å². The molecule has 0 saturated carbocycles. The largest absolute Gasteiger partial charge is 0.507 e. The van der Waals surface area contributed by atoms with Crippen molar-refractivity contribution in [2.75, 3.05) is 7.05 Å². The Kier molecular flexibility index (Phi) is 4.41. The van der Waals surface area contributed by atoms with Crippen molar-refractivity contribution in [2.45, 2.75) is 0 Å². The monoisotopic (exact) mass is 344 g/mol. The number of nitrogens with zero attached hydrogens (tertiary/aromatic N) is 2. The van der Waals surface area contributed by atoms with Crippen molar-refractivity contribution in [1.29, 1.82) is 0 Å². The van der Waals surface area contributed by atoms with Crippen molar-refractivity contribution in [3.63, 3.8) is 0 Å². The lowest BCUT2D eigenvalue weighted by atomic mass is 10.2. The summed E-state index contributed by atoms with van der Waals surface area (Å²) in [5.41, 5.74) is 1.20. The second-order valence-corrected chi connectivity index (χ2v) is 6.30. The Morgan fingerprint density at radius 2 is 1.87 bits per heavy atom. The number of halogens is 1. The molecule has 1 saturated heterocycles. The van der Waals surface area contributed by atoms with Crippen molar-refractivity contribution >= 4 is 46.2 Å². The minimum atomic E-state index is -0.163. The van der Waals surface area contributed by atoms with Gasteiger partial charge in [-0.15, -0.1) is 0 Å². The van der Waals surface area contributed by atoms with E-state index in [0.717, 1.165) is 0 Å². The van der Waals surface area contributed by atoms with Gasteiger partial charge in [0.1, 0.15) is 5.75 Å². The minimum Gasteiger partial charge on any atom is -0.507 e. The molecule has 0 unspecified atom stereocenters. The maximum absolute atomic E-state index is 12.3. The van der Waals surface area contributed by atoms with Gasteiger partial charge in [0.25, 0.3) is 5.91 Å². The number of hydrogen-bond donors (Lipinski definition) is 1. The standard InChI is InChI=1S/C17H13ClN2O2S/c1-20-16(22)15(10-11-6-2-5-9-14(11)21)23-17(20)19-13-8-4-3-7-12(13)18/h2-10,21H,1H3/b15-10+,19-17?. The van der Waals surface area contributed by atoms with Crippen LogP contribution in [0.2, 0.25) is 5.02 Å². The number of para-hydroxylation sites is 2. The van der Waals surface area contributed by atoms with Gasteiger partial charge >= 0.3 is 0 Å². The predicted octanol–water partition coefficient (Wildman–Crippen LogP) is 4.28. The Hall–Kier alpha value is -2.24. The number of phenols is 1. The van der Waals surface area contributed by atoms with E-state index in [1.54, 1.807) is 49.5 Å². The van der Waals surface area contributed by atoms with Crippen LogP contribution in [-0.2, 0) is 4.79 Å². The molecule has 3 rings (SSSR count). The van der Waals surface area contributed by atoms with Gasteiger partial charge in [0, 0.05) is 12.6 Å². The van der Waals surface area contributed by atoms with Crippen molar-refractivity contribution < 1.29 is 9.90 Å². The van der Waals surface area contributed by atoms with E-state index in [1.807, 2.05) is 12.1 Å². The number of likely N-dealkylation sites (N-methyl/N-ethyl adjacent to an activating group) is 1. The van der Waals surface area contributed by atoms with E-state index in [9.17, 15) is 9.90 Å². The molecule has 0 atom stereocenters. The molecule has 2 aromatic rings. The fourth-order valence-corrected chi connectivity index (χ4v) is 3.20. The van der Waals surface area contributed by atoms with Gasteiger partial charge < -0.3 is 5.11 Å². The molecular formula is C17H13ClN2O2S. The van der Waals surface area contributed by atoms with Gasteiger partial charge in [-0.1, -0.05) is 41.9 Å². The topological polar surface area (TPSA) is 52.9 Å². The molecule has 1 aliphatic rings. The summed E-state index contributed by atoms with van der Waals surface area (Å²) in [6.45, 7) is 0. The highest BCUT2D eigenvalue weighted by Gasteiger charge is 2.30. The molecule has 0 radical (unpaired) electrons. The van der Waals surface area contributed by atoms with E-state index < -0.39 is 0 Å². The van der Waals surface area contributed by atoms with Gasteiger partial charge in [-0.25, -0.2) is 4.99 Å². The zero-order valence-corrected chi connectivity index (χ0v) is 13.8. The van der Waals surface area contributed by atoms with Crippen LogP contribution in [0.4, 0.5) is 5.69 Å². The first-order chi connectivity index (χ1) is 11.1. The number of carbonyl (C=O) groups excluding carboxylic acids is 1. The second kappa shape index (κ2) is 6.48. The number of benzene rings is 2. The SMILES string of the molecule is CN1C(=O)/C(=C\c2ccccc2O)SC1=Nc1ccccc1Cl. The van der Waals surface area contributed by atoms with Crippen LogP contribution < -0.4 is 0 Å². The molecule has 23 heavy (non-hydrogen) atoms. The molecule has 1 N–H and O–H groups in total. The number of carbonyl (C=O) groups is 1. The van der Waals surface area contributed by atoms with Gasteiger partial charge in [0.15, 0.2) is 5.17 Å². The average Bonchev–Trinajstić information content (AvgIpc) is 2.80. The van der Waals surface area contributed by atoms with Crippen LogP contribution in [0.5, 0.6) is 5.75 Å². The number of thioether (sulfide) groups is 1. The van der Waals surface area contributed by atoms with Crippen LogP contribution in [-0.4, -0.2) is 28.1 Å². The first kappa shape index (κ1) is 15.6. The molecule has 0 aliphatic carbocycles. The highest BCUT2D eigenvalue weighted by Crippen LogP contribution is 2.35. The number of rotatable bonds is 2. The van der Waals surface area contributed by atoms with E-state index in [0.29, 0.717) is 26.3 Å². The van der Waals surface area contributed by atoms with Gasteiger partial charge in [0.05, 0.1) is 15.6 Å². The zero-order valence-electron chi connectivity index (χ0n) is 12.2. The lowest BCUT2D eigenvalue weighted by molar-refractivity contribution is -0.121. The second-order valence-electron chi connectivity index (χ2n) is 4.88. The average molecular weight is 345 g/mol. The Balaban J connectivity index is 1.95. The van der Waals surface area contributed by atoms with E-state index in [4.69, 9.17) is 11.6 Å². The smallest absolute Gasteiger partial charge is 0.266 e. The van der Waals surface area contributed by atoms with Gasteiger partial charge in [-0.2, -0.15) is 0 Å². The number of hydrogen-bond acceptors (Lipinski definition) is 4. The number of aromatic hydroxyl groups is 1. The van der Waals surface area contributed by atoms with Crippen LogP contribution in [0.15, 0.2) is 58.4 Å². The Labute approximate surface area is 143 Å². The number of phenolic OH excluding ortho intramolecular Hbond substituents is 1. The van der Waals surface area contributed by atoms with Crippen molar-refractivity contribution in [3.05, 3.63) is 64.0 Å². The summed E-state index contributed by atoms with van der Waals surface area (Å²) < 4.78 is 0. The molecule has 0 bridgehead atoms. The number of amides is 1. The molecular weight excluding hydrogens is 332 g/mol. The maximum Gasteiger partial charge on any atom is 0.266 e. The lowest BCUT2D eigenvalue weighted by Crippen LogP contribution is -2.23. The summed E-state index contributed by atoms with van der Waals surface area (Å²) in [5, 5.41) is 10.9. The molecule has 116 valence electrons. The van der Waals surface area contributed by atoms with E-state index in [2.05, 4.69) is 4.99 Å². The van der Waals surface area contributed by atoms with Crippen LogP contribution in [0.3, 0.4) is 0 Å². The summed E-state index contributed by atoms with van der Waals surface area (Å²) in [4.78, 5) is 18.8. The van der Waals surface area contributed by atoms with Crippen LogP contribution in [0.25, 0.3) is 6.08 Å². The fraction of sp³-hybridized carbons (Fsp3) is 0.0588. The molecule has 4 nitrogen and oxygen atoms in total. The third kappa shape index (κ3) is 3.25. The molecule has 0 aromatic heterocycles. The molecule has 1 amide bonds. The molecule has 2 aromatic carbocycles. The van der Waals surface area contributed by atoms with Crippen LogP contribution >= 0.6 is 23.4 Å². The lowest BCUT2D eigenvalue weighted by Gasteiger charge is -2.07. The third-order valence-corrected chi connectivity index (χ3v) is 4.68. The van der Waals surface area contributed by atoms with E-state index in [1.165, 1.54) is 16.7 Å². The summed E-state index contributed by atoms with van der Waals surface area (Å²) in [6.07, 6.45) is 1.66. The molecule has 6 heteroatoms. The van der Waals surface area contributed by atoms with Gasteiger partial charge in [-0.05, 0) is 36.0 Å². The fourth-order valence-electron chi connectivity index (χ4n) is 2.05. The van der Waals surface area contributed by atoms with Crippen molar-refractivity contribution in [1.82, 2.24) is 4.90 Å². The summed E-state index contributed by atoms with van der Waals surface area (Å²) >= 11 is 7.36. The number of aliphatic imine (C=N–C) groups is 1. The normalized spacial score (nSPS) is 18.2. The van der Waals surface area contributed by atoms with E-state index >= 15 is 0 Å². The van der Waals surface area contributed by atoms with Crippen LogP contribution in [0, 0.1) is 0 Å². The summed E-state index contributed by atoms with van der Waals surface area (Å²) in [7, 11) is 1.66. The molecule has 0 spiro atoms. The summed E-state index contributed by atoms with van der Waals surface area (Å²) in [5.74, 6) is -0.0309. The highest BCUT2D eigenvalue weighted by atomic mass is 35.5. The van der Waals surface area contributed by atoms with E-state index in [-0.39, 0.29) is 11.7 Å². The molecule has 1 fully saturated rings. The Morgan fingerprint density at radius 3 is 2.61 bits per heavy atom. The third-order valence-electron chi connectivity index (χ3n) is 3.30. The minimum absolute atomic E-state index is 0.132. The Morgan fingerprint density at radius 1 is 1.17 bits per heavy atom. The molecule has 1 aliphatic heterocycles. The highest BCUT2D eigenvalue weighted by molar-refractivity contribution is 8.18. The first-order valence-corrected chi connectivity index (χ1v) is 8.04.